The number of piperidine rings is 1. The Hall–Kier alpha value is -1.63. The van der Waals surface area contributed by atoms with Crippen LogP contribution in [0.4, 0.5) is 5.69 Å². The summed E-state index contributed by atoms with van der Waals surface area (Å²) in [5.74, 6) is -0.744. The zero-order chi connectivity index (χ0) is 18.8. The van der Waals surface area contributed by atoms with Crippen LogP contribution in [0.1, 0.15) is 26.2 Å². The zero-order valence-electron chi connectivity index (χ0n) is 14.5. The first-order valence-corrected chi connectivity index (χ1v) is 9.51. The standard InChI is InChI=1S/C18H20Cl2N2O4/c1-2-26-18(25)11-5-7-21(8-6-11)15-10-16(23)22(17(15)24)12-3-4-13(19)14(20)9-12/h3-4,9,11,15H,2,5-8,10H2,1H3/p+1/t15-/m1/s1. The second kappa shape index (κ2) is 7.94. The van der Waals surface area contributed by atoms with Gasteiger partial charge in [0.15, 0.2) is 6.04 Å². The highest BCUT2D eigenvalue weighted by atomic mass is 35.5. The van der Waals surface area contributed by atoms with Crippen LogP contribution >= 0.6 is 23.2 Å². The summed E-state index contributed by atoms with van der Waals surface area (Å²) >= 11 is 11.9. The summed E-state index contributed by atoms with van der Waals surface area (Å²) in [6.07, 6.45) is 1.50. The molecule has 0 unspecified atom stereocenters. The van der Waals surface area contributed by atoms with Crippen molar-refractivity contribution in [2.24, 2.45) is 5.92 Å². The van der Waals surface area contributed by atoms with Gasteiger partial charge in [-0.1, -0.05) is 23.2 Å². The van der Waals surface area contributed by atoms with E-state index in [2.05, 4.69) is 0 Å². The Morgan fingerprint density at radius 2 is 1.92 bits per heavy atom. The molecule has 3 rings (SSSR count). The van der Waals surface area contributed by atoms with Crippen LogP contribution < -0.4 is 9.80 Å². The lowest BCUT2D eigenvalue weighted by atomic mass is 9.95. The molecule has 2 aliphatic rings. The summed E-state index contributed by atoms with van der Waals surface area (Å²) in [6, 6.07) is 4.31. The van der Waals surface area contributed by atoms with Crippen molar-refractivity contribution in [1.29, 1.82) is 0 Å². The van der Waals surface area contributed by atoms with Crippen molar-refractivity contribution in [2.75, 3.05) is 24.6 Å². The van der Waals surface area contributed by atoms with Gasteiger partial charge in [-0.25, -0.2) is 4.90 Å². The molecular formula is C18H21Cl2N2O4+. The summed E-state index contributed by atoms with van der Waals surface area (Å²) < 4.78 is 5.08. The molecular weight excluding hydrogens is 379 g/mol. The number of imide groups is 1. The molecule has 0 aromatic heterocycles. The average Bonchev–Trinajstić information content (AvgIpc) is 2.92. The summed E-state index contributed by atoms with van der Waals surface area (Å²) in [5, 5.41) is 0.675. The number of anilines is 1. The number of esters is 1. The molecule has 1 atom stereocenters. The van der Waals surface area contributed by atoms with Gasteiger partial charge in [-0.3, -0.25) is 14.4 Å². The van der Waals surface area contributed by atoms with Gasteiger partial charge in [-0.05, 0) is 25.1 Å². The molecule has 140 valence electrons. The number of likely N-dealkylation sites (tertiary alicyclic amines) is 1. The molecule has 2 heterocycles. The molecule has 26 heavy (non-hydrogen) atoms. The zero-order valence-corrected chi connectivity index (χ0v) is 16.0. The number of rotatable bonds is 4. The SMILES string of the molecule is CCOC(=O)C1CC[NH+]([C@@H]2CC(=O)N(c3ccc(Cl)c(Cl)c3)C2=O)CC1. The number of carbonyl (C=O) groups excluding carboxylic acids is 3. The molecule has 1 aromatic rings. The Labute approximate surface area is 162 Å². The fourth-order valence-electron chi connectivity index (χ4n) is 3.68. The van der Waals surface area contributed by atoms with Crippen LogP contribution in [-0.4, -0.2) is 43.5 Å². The van der Waals surface area contributed by atoms with E-state index in [1.54, 1.807) is 19.1 Å². The van der Waals surface area contributed by atoms with Gasteiger partial charge in [-0.2, -0.15) is 0 Å². The van der Waals surface area contributed by atoms with E-state index in [0.29, 0.717) is 48.3 Å². The third-order valence-electron chi connectivity index (χ3n) is 5.05. The van der Waals surface area contributed by atoms with E-state index in [-0.39, 0.29) is 30.1 Å². The number of benzene rings is 1. The van der Waals surface area contributed by atoms with Gasteiger partial charge in [0, 0.05) is 12.8 Å². The first-order valence-electron chi connectivity index (χ1n) is 8.75. The lowest BCUT2D eigenvalue weighted by Gasteiger charge is -2.31. The Morgan fingerprint density at radius 1 is 1.23 bits per heavy atom. The number of nitrogens with one attached hydrogen (secondary N) is 1. The van der Waals surface area contributed by atoms with Gasteiger partial charge < -0.3 is 9.64 Å². The maximum absolute atomic E-state index is 12.8. The number of nitrogens with zero attached hydrogens (tertiary/aromatic N) is 1. The summed E-state index contributed by atoms with van der Waals surface area (Å²) in [6.45, 7) is 3.50. The van der Waals surface area contributed by atoms with Crippen molar-refractivity contribution in [3.63, 3.8) is 0 Å². The van der Waals surface area contributed by atoms with Crippen molar-refractivity contribution >= 4 is 46.7 Å². The van der Waals surface area contributed by atoms with Gasteiger partial charge in [-0.15, -0.1) is 0 Å². The quantitative estimate of drug-likeness (QED) is 0.614. The lowest BCUT2D eigenvalue weighted by Crippen LogP contribution is -3.17. The average molecular weight is 400 g/mol. The molecule has 2 amide bonds. The number of carbonyl (C=O) groups is 3. The van der Waals surface area contributed by atoms with Crippen LogP contribution in [0.15, 0.2) is 18.2 Å². The maximum Gasteiger partial charge on any atom is 0.309 e. The molecule has 0 aliphatic carbocycles. The highest BCUT2D eigenvalue weighted by Crippen LogP contribution is 2.30. The highest BCUT2D eigenvalue weighted by molar-refractivity contribution is 6.42. The van der Waals surface area contributed by atoms with Crippen LogP contribution in [0, 0.1) is 5.92 Å². The Morgan fingerprint density at radius 3 is 2.54 bits per heavy atom. The fraction of sp³-hybridized carbons (Fsp3) is 0.500. The van der Waals surface area contributed by atoms with E-state index in [0.717, 1.165) is 4.90 Å². The third-order valence-corrected chi connectivity index (χ3v) is 5.79. The number of halogens is 2. The Bertz CT molecular complexity index is 732. The van der Waals surface area contributed by atoms with Crippen molar-refractivity contribution < 1.29 is 24.0 Å². The molecule has 2 fully saturated rings. The van der Waals surface area contributed by atoms with E-state index in [9.17, 15) is 14.4 Å². The first kappa shape index (κ1) is 19.1. The minimum atomic E-state index is -0.417. The molecule has 0 saturated carbocycles. The Balaban J connectivity index is 1.68. The smallest absolute Gasteiger partial charge is 0.309 e. The molecule has 1 aromatic carbocycles. The topological polar surface area (TPSA) is 68.1 Å². The molecule has 2 aliphatic heterocycles. The number of hydrogen-bond acceptors (Lipinski definition) is 4. The van der Waals surface area contributed by atoms with E-state index in [1.165, 1.54) is 11.0 Å². The van der Waals surface area contributed by atoms with Gasteiger partial charge in [0.25, 0.3) is 5.91 Å². The Kier molecular flexibility index (Phi) is 5.85. The predicted octanol–water partition coefficient (Wildman–Crippen LogP) is 1.48. The van der Waals surface area contributed by atoms with E-state index in [1.807, 2.05) is 0 Å². The molecule has 6 nitrogen and oxygen atoms in total. The number of ether oxygens (including phenoxy) is 1. The van der Waals surface area contributed by atoms with Crippen molar-refractivity contribution in [1.82, 2.24) is 0 Å². The molecule has 0 spiro atoms. The molecule has 1 N–H and O–H groups in total. The van der Waals surface area contributed by atoms with E-state index < -0.39 is 6.04 Å². The monoisotopic (exact) mass is 399 g/mol. The van der Waals surface area contributed by atoms with Gasteiger partial charge >= 0.3 is 5.97 Å². The van der Waals surface area contributed by atoms with E-state index in [4.69, 9.17) is 27.9 Å². The predicted molar refractivity (Wildman–Crippen MR) is 97.4 cm³/mol. The van der Waals surface area contributed by atoms with Crippen molar-refractivity contribution in [3.05, 3.63) is 28.2 Å². The summed E-state index contributed by atoms with van der Waals surface area (Å²) in [7, 11) is 0. The van der Waals surface area contributed by atoms with Crippen LogP contribution in [0.5, 0.6) is 0 Å². The molecule has 0 radical (unpaired) electrons. The van der Waals surface area contributed by atoms with E-state index >= 15 is 0 Å². The number of amides is 2. The summed E-state index contributed by atoms with van der Waals surface area (Å²) in [5.41, 5.74) is 0.442. The fourth-order valence-corrected chi connectivity index (χ4v) is 3.97. The van der Waals surface area contributed by atoms with Crippen molar-refractivity contribution in [2.45, 2.75) is 32.2 Å². The summed E-state index contributed by atoms with van der Waals surface area (Å²) in [4.78, 5) is 39.4. The number of quaternary nitrogens is 1. The maximum atomic E-state index is 12.8. The van der Waals surface area contributed by atoms with Crippen LogP contribution in [0.2, 0.25) is 10.0 Å². The van der Waals surface area contributed by atoms with Crippen molar-refractivity contribution in [3.8, 4) is 0 Å². The van der Waals surface area contributed by atoms with Crippen LogP contribution in [0.25, 0.3) is 0 Å². The highest BCUT2D eigenvalue weighted by Gasteiger charge is 2.47. The van der Waals surface area contributed by atoms with Crippen LogP contribution in [-0.2, 0) is 19.1 Å². The molecule has 2 saturated heterocycles. The second-order valence-corrected chi connectivity index (χ2v) is 7.42. The van der Waals surface area contributed by atoms with Gasteiger partial charge in [0.2, 0.25) is 5.91 Å². The largest absolute Gasteiger partial charge is 0.466 e. The normalized spacial score (nSPS) is 26.3. The van der Waals surface area contributed by atoms with Gasteiger partial charge in [0.05, 0.1) is 47.8 Å². The third kappa shape index (κ3) is 3.72. The second-order valence-electron chi connectivity index (χ2n) is 6.61. The lowest BCUT2D eigenvalue weighted by molar-refractivity contribution is -0.920. The molecule has 0 bridgehead atoms. The molecule has 8 heteroatoms. The first-order chi connectivity index (χ1) is 12.4. The minimum absolute atomic E-state index is 0.114. The van der Waals surface area contributed by atoms with Gasteiger partial charge in [0.1, 0.15) is 0 Å². The minimum Gasteiger partial charge on any atom is -0.466 e. The van der Waals surface area contributed by atoms with Crippen LogP contribution in [0.3, 0.4) is 0 Å². The number of hydrogen-bond donors (Lipinski definition) is 1.